The molecule has 23 heavy (non-hydrogen) atoms. The normalized spacial score (nSPS) is 12.4. The van der Waals surface area contributed by atoms with E-state index in [0.29, 0.717) is 5.02 Å². The van der Waals surface area contributed by atoms with Crippen LogP contribution in [0, 0.1) is 0 Å². The summed E-state index contributed by atoms with van der Waals surface area (Å²) in [5.74, 6) is -0.495. The Hall–Kier alpha value is -1.79. The average molecular weight is 343 g/mol. The number of rotatable bonds is 6. The highest BCUT2D eigenvalue weighted by Gasteiger charge is 2.17. The largest absolute Gasteiger partial charge is 0.444 e. The Morgan fingerprint density at radius 1 is 1.17 bits per heavy atom. The molecule has 0 heterocycles. The fourth-order valence-electron chi connectivity index (χ4n) is 1.72. The third-order valence-electron chi connectivity index (χ3n) is 2.74. The standard InChI is InChI=1S/C16H23ClN2O4/c1-16(2,3)23-15(22)19-9-8-18-14(21)13(20)10-11-4-6-12(17)7-5-11/h4-7,13,20H,8-10H2,1-3H3,(H,18,21)(H,19,22)/t13-/m1/s1. The van der Waals surface area contributed by atoms with E-state index in [9.17, 15) is 14.7 Å². The van der Waals surface area contributed by atoms with E-state index in [0.717, 1.165) is 5.56 Å². The van der Waals surface area contributed by atoms with E-state index in [4.69, 9.17) is 16.3 Å². The van der Waals surface area contributed by atoms with Gasteiger partial charge in [-0.15, -0.1) is 0 Å². The minimum atomic E-state index is -1.15. The van der Waals surface area contributed by atoms with Crippen LogP contribution in [0.4, 0.5) is 4.79 Å². The average Bonchev–Trinajstić information content (AvgIpc) is 2.44. The van der Waals surface area contributed by atoms with Gasteiger partial charge < -0.3 is 20.5 Å². The fraction of sp³-hybridized carbons (Fsp3) is 0.500. The summed E-state index contributed by atoms with van der Waals surface area (Å²) in [7, 11) is 0. The Balaban J connectivity index is 2.25. The first kappa shape index (κ1) is 19.3. The number of carbonyl (C=O) groups excluding carboxylic acids is 2. The Bertz CT molecular complexity index is 526. The summed E-state index contributed by atoms with van der Waals surface area (Å²) in [6.45, 7) is 5.72. The lowest BCUT2D eigenvalue weighted by Crippen LogP contribution is -2.41. The van der Waals surface area contributed by atoms with Crippen LogP contribution in [0.5, 0.6) is 0 Å². The van der Waals surface area contributed by atoms with Crippen molar-refractivity contribution < 1.29 is 19.4 Å². The Morgan fingerprint density at radius 2 is 1.74 bits per heavy atom. The molecule has 0 radical (unpaired) electrons. The van der Waals surface area contributed by atoms with E-state index in [1.807, 2.05) is 0 Å². The highest BCUT2D eigenvalue weighted by atomic mass is 35.5. The van der Waals surface area contributed by atoms with Gasteiger partial charge in [0.05, 0.1) is 0 Å². The van der Waals surface area contributed by atoms with Crippen molar-refractivity contribution in [3.05, 3.63) is 34.9 Å². The molecule has 0 saturated carbocycles. The van der Waals surface area contributed by atoms with Crippen LogP contribution in [0.3, 0.4) is 0 Å². The summed E-state index contributed by atoms with van der Waals surface area (Å²) in [4.78, 5) is 23.2. The summed E-state index contributed by atoms with van der Waals surface area (Å²) in [5, 5.41) is 15.5. The second kappa shape index (κ2) is 8.74. The zero-order valence-electron chi connectivity index (χ0n) is 13.6. The van der Waals surface area contributed by atoms with Crippen LogP contribution in [0.15, 0.2) is 24.3 Å². The minimum absolute atomic E-state index is 0.197. The number of hydrogen-bond acceptors (Lipinski definition) is 4. The molecule has 0 saturated heterocycles. The molecule has 0 aliphatic carbocycles. The van der Waals surface area contributed by atoms with Crippen molar-refractivity contribution in [2.45, 2.75) is 38.9 Å². The van der Waals surface area contributed by atoms with Crippen LogP contribution in [0.2, 0.25) is 5.02 Å². The minimum Gasteiger partial charge on any atom is -0.444 e. The van der Waals surface area contributed by atoms with Crippen LogP contribution in [-0.2, 0) is 16.0 Å². The number of hydrogen-bond donors (Lipinski definition) is 3. The predicted octanol–water partition coefficient (Wildman–Crippen LogP) is 1.88. The van der Waals surface area contributed by atoms with Gasteiger partial charge >= 0.3 is 6.09 Å². The molecule has 128 valence electrons. The van der Waals surface area contributed by atoms with E-state index in [1.165, 1.54) is 0 Å². The molecule has 0 aromatic heterocycles. The molecule has 0 bridgehead atoms. The molecule has 2 amide bonds. The summed E-state index contributed by atoms with van der Waals surface area (Å²) in [6.07, 6.45) is -1.51. The third kappa shape index (κ3) is 8.42. The van der Waals surface area contributed by atoms with Crippen molar-refractivity contribution >= 4 is 23.6 Å². The Kier molecular flexibility index (Phi) is 7.32. The number of aliphatic hydroxyl groups is 1. The Morgan fingerprint density at radius 3 is 2.30 bits per heavy atom. The smallest absolute Gasteiger partial charge is 0.407 e. The lowest BCUT2D eigenvalue weighted by Gasteiger charge is -2.19. The first-order valence-corrected chi connectivity index (χ1v) is 7.72. The van der Waals surface area contributed by atoms with Gasteiger partial charge in [-0.1, -0.05) is 23.7 Å². The second-order valence-corrected chi connectivity index (χ2v) is 6.50. The fourth-order valence-corrected chi connectivity index (χ4v) is 1.84. The summed E-state index contributed by atoms with van der Waals surface area (Å²) in [6, 6.07) is 6.91. The molecule has 0 aliphatic heterocycles. The van der Waals surface area contributed by atoms with Gasteiger partial charge in [0.25, 0.3) is 0 Å². The number of benzene rings is 1. The quantitative estimate of drug-likeness (QED) is 0.689. The first-order valence-electron chi connectivity index (χ1n) is 7.34. The number of nitrogens with one attached hydrogen (secondary N) is 2. The van der Waals surface area contributed by atoms with Gasteiger partial charge in [0, 0.05) is 24.5 Å². The third-order valence-corrected chi connectivity index (χ3v) is 2.99. The molecule has 7 heteroatoms. The topological polar surface area (TPSA) is 87.7 Å². The van der Waals surface area contributed by atoms with E-state index in [1.54, 1.807) is 45.0 Å². The highest BCUT2D eigenvalue weighted by Crippen LogP contribution is 2.11. The van der Waals surface area contributed by atoms with Gasteiger partial charge in [0.1, 0.15) is 11.7 Å². The van der Waals surface area contributed by atoms with Crippen molar-refractivity contribution in [2.24, 2.45) is 0 Å². The number of carbonyl (C=O) groups is 2. The number of aliphatic hydroxyl groups excluding tert-OH is 1. The number of halogens is 1. The maximum atomic E-state index is 11.8. The van der Waals surface area contributed by atoms with Crippen molar-refractivity contribution in [3.63, 3.8) is 0 Å². The van der Waals surface area contributed by atoms with Crippen LogP contribution in [0.1, 0.15) is 26.3 Å². The van der Waals surface area contributed by atoms with Gasteiger partial charge in [-0.25, -0.2) is 4.79 Å². The van der Waals surface area contributed by atoms with Crippen molar-refractivity contribution in [1.29, 1.82) is 0 Å². The molecule has 1 aromatic carbocycles. The van der Waals surface area contributed by atoms with Crippen molar-refractivity contribution in [2.75, 3.05) is 13.1 Å². The number of amides is 2. The lowest BCUT2D eigenvalue weighted by molar-refractivity contribution is -0.129. The van der Waals surface area contributed by atoms with E-state index >= 15 is 0 Å². The second-order valence-electron chi connectivity index (χ2n) is 6.07. The van der Waals surface area contributed by atoms with Crippen LogP contribution < -0.4 is 10.6 Å². The molecule has 1 rings (SSSR count). The first-order chi connectivity index (χ1) is 10.7. The van der Waals surface area contributed by atoms with Crippen LogP contribution in [0.25, 0.3) is 0 Å². The number of alkyl carbamates (subject to hydrolysis) is 1. The van der Waals surface area contributed by atoms with Gasteiger partial charge in [-0.2, -0.15) is 0 Å². The molecule has 0 unspecified atom stereocenters. The SMILES string of the molecule is CC(C)(C)OC(=O)NCCNC(=O)[C@H](O)Cc1ccc(Cl)cc1. The molecule has 0 aliphatic rings. The van der Waals surface area contributed by atoms with E-state index in [2.05, 4.69) is 10.6 Å². The maximum absolute atomic E-state index is 11.8. The van der Waals surface area contributed by atoms with Crippen LogP contribution in [-0.4, -0.2) is 41.9 Å². The van der Waals surface area contributed by atoms with Gasteiger partial charge in [-0.05, 0) is 38.5 Å². The summed E-state index contributed by atoms with van der Waals surface area (Å²) >= 11 is 5.77. The molecular weight excluding hydrogens is 320 g/mol. The molecule has 3 N–H and O–H groups in total. The van der Waals surface area contributed by atoms with Crippen molar-refractivity contribution in [3.8, 4) is 0 Å². The van der Waals surface area contributed by atoms with E-state index < -0.39 is 23.7 Å². The monoisotopic (exact) mass is 342 g/mol. The molecule has 0 fully saturated rings. The molecular formula is C16H23ClN2O4. The molecule has 6 nitrogen and oxygen atoms in total. The molecule has 1 atom stereocenters. The van der Waals surface area contributed by atoms with E-state index in [-0.39, 0.29) is 19.5 Å². The molecule has 0 spiro atoms. The predicted molar refractivity (Wildman–Crippen MR) is 88.4 cm³/mol. The summed E-state index contributed by atoms with van der Waals surface area (Å²) < 4.78 is 5.06. The molecule has 1 aromatic rings. The van der Waals surface area contributed by atoms with Gasteiger partial charge in [-0.3, -0.25) is 4.79 Å². The summed E-state index contributed by atoms with van der Waals surface area (Å²) in [5.41, 5.74) is 0.242. The highest BCUT2D eigenvalue weighted by molar-refractivity contribution is 6.30. The van der Waals surface area contributed by atoms with Gasteiger partial charge in [0.15, 0.2) is 0 Å². The Labute approximate surface area is 141 Å². The van der Waals surface area contributed by atoms with Crippen molar-refractivity contribution in [1.82, 2.24) is 10.6 Å². The lowest BCUT2D eigenvalue weighted by atomic mass is 10.1. The zero-order chi connectivity index (χ0) is 17.5. The maximum Gasteiger partial charge on any atom is 0.407 e. The zero-order valence-corrected chi connectivity index (χ0v) is 14.3. The number of ether oxygens (including phenoxy) is 1. The van der Waals surface area contributed by atoms with Gasteiger partial charge in [0.2, 0.25) is 5.91 Å². The van der Waals surface area contributed by atoms with Crippen LogP contribution >= 0.6 is 11.6 Å².